The molecule has 1 aromatic carbocycles. The number of hydrogen-bond acceptors (Lipinski definition) is 2. The zero-order chi connectivity index (χ0) is 14.8. The first-order valence-electron chi connectivity index (χ1n) is 7.67. The molecule has 1 saturated heterocycles. The molecule has 3 heteroatoms. The highest BCUT2D eigenvalue weighted by Gasteiger charge is 2.39. The molecular weight excluding hydrogens is 251 g/mol. The second-order valence-corrected chi connectivity index (χ2v) is 6.65. The van der Waals surface area contributed by atoms with Crippen molar-refractivity contribution in [2.75, 3.05) is 13.1 Å². The average Bonchev–Trinajstić information content (AvgIpc) is 2.91. The van der Waals surface area contributed by atoms with Gasteiger partial charge in [0.05, 0.1) is 0 Å². The molecule has 2 rings (SSSR count). The molecule has 2 atom stereocenters. The van der Waals surface area contributed by atoms with Gasteiger partial charge in [-0.3, -0.25) is 4.90 Å². The normalized spacial score (nSPS) is 23.2. The summed E-state index contributed by atoms with van der Waals surface area (Å²) in [7, 11) is 0. The lowest BCUT2D eigenvalue weighted by Gasteiger charge is -2.43. The quantitative estimate of drug-likeness (QED) is 0.896. The molecule has 1 heterocycles. The maximum Gasteiger partial charge on any atom is 0.123 e. The number of hydrogen-bond donors (Lipinski definition) is 1. The monoisotopic (exact) mass is 278 g/mol. The molecule has 0 aromatic heterocycles. The fraction of sp³-hybridized carbons (Fsp3) is 0.647. The van der Waals surface area contributed by atoms with Crippen LogP contribution < -0.4 is 5.73 Å². The zero-order valence-corrected chi connectivity index (χ0v) is 12.9. The fourth-order valence-corrected chi connectivity index (χ4v) is 3.49. The molecule has 0 bridgehead atoms. The van der Waals surface area contributed by atoms with Crippen LogP contribution in [-0.4, -0.2) is 29.6 Å². The Labute approximate surface area is 122 Å². The zero-order valence-electron chi connectivity index (χ0n) is 12.9. The maximum absolute atomic E-state index is 13.0. The fourth-order valence-electron chi connectivity index (χ4n) is 3.49. The van der Waals surface area contributed by atoms with Crippen LogP contribution in [-0.2, 0) is 6.42 Å². The molecule has 0 radical (unpaired) electrons. The molecule has 1 fully saturated rings. The van der Waals surface area contributed by atoms with Crippen LogP contribution in [0.3, 0.4) is 0 Å². The van der Waals surface area contributed by atoms with E-state index in [2.05, 4.69) is 25.7 Å². The van der Waals surface area contributed by atoms with E-state index in [4.69, 9.17) is 5.73 Å². The summed E-state index contributed by atoms with van der Waals surface area (Å²) in [4.78, 5) is 2.58. The van der Waals surface area contributed by atoms with E-state index in [0.29, 0.717) is 18.5 Å². The highest BCUT2D eigenvalue weighted by Crippen LogP contribution is 2.32. The molecule has 2 nitrogen and oxygen atoms in total. The van der Waals surface area contributed by atoms with E-state index in [-0.39, 0.29) is 11.4 Å². The van der Waals surface area contributed by atoms with Crippen molar-refractivity contribution >= 4 is 0 Å². The summed E-state index contributed by atoms with van der Waals surface area (Å²) < 4.78 is 13.0. The summed E-state index contributed by atoms with van der Waals surface area (Å²) in [5.74, 6) is 0.473. The van der Waals surface area contributed by atoms with Gasteiger partial charge in [-0.1, -0.05) is 26.0 Å². The molecule has 2 N–H and O–H groups in total. The third-order valence-corrected chi connectivity index (χ3v) is 4.70. The summed E-state index contributed by atoms with van der Waals surface area (Å²) in [6.45, 7) is 8.58. The number of nitrogens with two attached hydrogens (primary N) is 1. The van der Waals surface area contributed by atoms with Crippen LogP contribution in [0.5, 0.6) is 0 Å². The first-order chi connectivity index (χ1) is 9.46. The Morgan fingerprint density at radius 3 is 2.55 bits per heavy atom. The molecule has 2 unspecified atom stereocenters. The number of rotatable bonds is 5. The van der Waals surface area contributed by atoms with E-state index < -0.39 is 0 Å². The molecule has 1 aliphatic rings. The van der Waals surface area contributed by atoms with Crippen molar-refractivity contribution in [2.24, 2.45) is 11.7 Å². The summed E-state index contributed by atoms with van der Waals surface area (Å²) in [5, 5.41) is 0. The third-order valence-electron chi connectivity index (χ3n) is 4.70. The van der Waals surface area contributed by atoms with Gasteiger partial charge in [-0.25, -0.2) is 4.39 Å². The van der Waals surface area contributed by atoms with Crippen molar-refractivity contribution in [1.82, 2.24) is 4.90 Å². The summed E-state index contributed by atoms with van der Waals surface area (Å²) in [6, 6.07) is 7.45. The molecule has 0 aliphatic carbocycles. The summed E-state index contributed by atoms with van der Waals surface area (Å²) in [5.41, 5.74) is 7.23. The van der Waals surface area contributed by atoms with Gasteiger partial charge in [-0.15, -0.1) is 0 Å². The van der Waals surface area contributed by atoms with Crippen LogP contribution in [0.4, 0.5) is 4.39 Å². The lowest BCUT2D eigenvalue weighted by atomic mass is 9.88. The Morgan fingerprint density at radius 1 is 1.35 bits per heavy atom. The van der Waals surface area contributed by atoms with Gasteiger partial charge in [-0.2, -0.15) is 0 Å². The van der Waals surface area contributed by atoms with Crippen LogP contribution in [0, 0.1) is 11.7 Å². The Kier molecular flexibility index (Phi) is 4.82. The summed E-state index contributed by atoms with van der Waals surface area (Å²) in [6.07, 6.45) is 3.39. The minimum atomic E-state index is -0.176. The highest BCUT2D eigenvalue weighted by atomic mass is 19.1. The molecule has 1 aliphatic heterocycles. The predicted octanol–water partition coefficient (Wildman–Crippen LogP) is 3.21. The van der Waals surface area contributed by atoms with Gasteiger partial charge >= 0.3 is 0 Å². The molecule has 112 valence electrons. The topological polar surface area (TPSA) is 29.3 Å². The van der Waals surface area contributed by atoms with Gasteiger partial charge in [0.1, 0.15) is 5.82 Å². The van der Waals surface area contributed by atoms with Gasteiger partial charge in [0.25, 0.3) is 0 Å². The third kappa shape index (κ3) is 3.21. The first-order valence-corrected chi connectivity index (χ1v) is 7.67. The molecule has 1 aromatic rings. The number of nitrogens with zero attached hydrogens (tertiary/aromatic N) is 1. The van der Waals surface area contributed by atoms with Crippen LogP contribution >= 0.6 is 0 Å². The summed E-state index contributed by atoms with van der Waals surface area (Å²) >= 11 is 0. The largest absolute Gasteiger partial charge is 0.329 e. The van der Waals surface area contributed by atoms with Gasteiger partial charge in [-0.05, 0) is 56.3 Å². The second kappa shape index (κ2) is 6.23. The Morgan fingerprint density at radius 2 is 2.00 bits per heavy atom. The van der Waals surface area contributed by atoms with E-state index in [9.17, 15) is 4.39 Å². The smallest absolute Gasteiger partial charge is 0.123 e. The maximum atomic E-state index is 13.0. The van der Waals surface area contributed by atoms with Crippen molar-refractivity contribution in [3.8, 4) is 0 Å². The van der Waals surface area contributed by atoms with Gasteiger partial charge in [0, 0.05) is 18.1 Å². The van der Waals surface area contributed by atoms with Gasteiger partial charge in [0.2, 0.25) is 0 Å². The van der Waals surface area contributed by atoms with Crippen molar-refractivity contribution in [2.45, 2.75) is 51.6 Å². The van der Waals surface area contributed by atoms with Crippen LogP contribution in [0.25, 0.3) is 0 Å². The molecule has 0 spiro atoms. The Balaban J connectivity index is 2.17. The molecule has 20 heavy (non-hydrogen) atoms. The molecule has 0 saturated carbocycles. The minimum absolute atomic E-state index is 0.0384. The minimum Gasteiger partial charge on any atom is -0.329 e. The van der Waals surface area contributed by atoms with E-state index in [1.165, 1.54) is 25.0 Å². The Bertz CT molecular complexity index is 429. The standard InChI is InChI=1S/C17H27FN2/c1-13(2)16-5-4-10-20(16)17(3,12-19)11-14-6-8-15(18)9-7-14/h6-9,13,16H,4-5,10-12,19H2,1-3H3. The van der Waals surface area contributed by atoms with Crippen molar-refractivity contribution in [1.29, 1.82) is 0 Å². The van der Waals surface area contributed by atoms with E-state index in [0.717, 1.165) is 18.5 Å². The van der Waals surface area contributed by atoms with Crippen LogP contribution in [0.2, 0.25) is 0 Å². The first kappa shape index (κ1) is 15.5. The van der Waals surface area contributed by atoms with Crippen LogP contribution in [0.1, 0.15) is 39.2 Å². The second-order valence-electron chi connectivity index (χ2n) is 6.65. The number of halogens is 1. The lowest BCUT2D eigenvalue weighted by molar-refractivity contribution is 0.0736. The Hall–Kier alpha value is -0.930. The lowest BCUT2D eigenvalue weighted by Crippen LogP contribution is -2.56. The van der Waals surface area contributed by atoms with E-state index in [1.54, 1.807) is 0 Å². The number of benzene rings is 1. The van der Waals surface area contributed by atoms with Crippen molar-refractivity contribution < 1.29 is 4.39 Å². The van der Waals surface area contributed by atoms with Crippen LogP contribution in [0.15, 0.2) is 24.3 Å². The average molecular weight is 278 g/mol. The molecule has 0 amide bonds. The highest BCUT2D eigenvalue weighted by molar-refractivity contribution is 5.19. The van der Waals surface area contributed by atoms with Gasteiger partial charge < -0.3 is 5.73 Å². The van der Waals surface area contributed by atoms with E-state index in [1.807, 2.05) is 12.1 Å². The predicted molar refractivity (Wildman–Crippen MR) is 82.1 cm³/mol. The van der Waals surface area contributed by atoms with Crippen molar-refractivity contribution in [3.05, 3.63) is 35.6 Å². The van der Waals surface area contributed by atoms with E-state index >= 15 is 0 Å². The van der Waals surface area contributed by atoms with Gasteiger partial charge in [0.15, 0.2) is 0 Å². The molecular formula is C17H27FN2. The number of likely N-dealkylation sites (tertiary alicyclic amines) is 1. The van der Waals surface area contributed by atoms with Crippen molar-refractivity contribution in [3.63, 3.8) is 0 Å². The SMILES string of the molecule is CC(C)C1CCCN1C(C)(CN)Cc1ccc(F)cc1.